The minimum absolute atomic E-state index is 0.0229. The van der Waals surface area contributed by atoms with Crippen molar-refractivity contribution in [1.82, 2.24) is 0 Å². The molecule has 27 heavy (non-hydrogen) atoms. The second-order valence-electron chi connectivity index (χ2n) is 8.16. The van der Waals surface area contributed by atoms with Gasteiger partial charge in [0, 0.05) is 16.4 Å². The van der Waals surface area contributed by atoms with Gasteiger partial charge in [-0.05, 0) is 31.9 Å². The molecule has 1 aliphatic carbocycles. The van der Waals surface area contributed by atoms with Crippen LogP contribution in [0, 0.1) is 12.8 Å². The van der Waals surface area contributed by atoms with Gasteiger partial charge in [0.05, 0.1) is 10.6 Å². The SMILES string of the molecule is Cc1ccc(S(=O)(=O)OS(CC(=O)C2CCCCC2)(C(C)C)C(C)C)cc1. The van der Waals surface area contributed by atoms with Gasteiger partial charge in [-0.2, -0.15) is 8.42 Å². The molecular weight excluding hydrogens is 380 g/mol. The van der Waals surface area contributed by atoms with Gasteiger partial charge in [-0.15, -0.1) is 10.3 Å². The first-order chi connectivity index (χ1) is 12.6. The second-order valence-corrected chi connectivity index (χ2v) is 13.8. The Morgan fingerprint density at radius 1 is 1.00 bits per heavy atom. The summed E-state index contributed by atoms with van der Waals surface area (Å²) in [6.45, 7) is 9.84. The Balaban J connectivity index is 2.32. The van der Waals surface area contributed by atoms with E-state index in [4.69, 9.17) is 3.63 Å². The van der Waals surface area contributed by atoms with Crippen LogP contribution in [0.2, 0.25) is 0 Å². The maximum atomic E-state index is 13.0. The molecule has 1 fully saturated rings. The standard InChI is InChI=1S/C21H34O4S2/c1-16(2)26(17(3)4,15-21(22)19-9-7-6-8-10-19)25-27(23,24)20-13-11-18(5)12-14-20/h11-14,16-17,19H,6-10,15H2,1-5H3. The van der Waals surface area contributed by atoms with E-state index in [-0.39, 0.29) is 32.8 Å². The van der Waals surface area contributed by atoms with Crippen molar-refractivity contribution in [3.63, 3.8) is 0 Å². The molecule has 0 spiro atoms. The molecule has 0 bridgehead atoms. The number of ketones is 1. The average Bonchev–Trinajstić information content (AvgIpc) is 2.61. The van der Waals surface area contributed by atoms with Crippen molar-refractivity contribution in [1.29, 1.82) is 0 Å². The molecule has 0 atom stereocenters. The van der Waals surface area contributed by atoms with E-state index in [1.165, 1.54) is 6.42 Å². The van der Waals surface area contributed by atoms with E-state index in [0.29, 0.717) is 0 Å². The lowest BCUT2D eigenvalue weighted by Crippen LogP contribution is -2.34. The Kier molecular flexibility index (Phi) is 7.56. The van der Waals surface area contributed by atoms with Crippen LogP contribution in [-0.4, -0.2) is 30.5 Å². The zero-order valence-electron chi connectivity index (χ0n) is 17.2. The predicted octanol–water partition coefficient (Wildman–Crippen LogP) is 5.39. The quantitative estimate of drug-likeness (QED) is 0.572. The second kappa shape index (κ2) is 9.10. The van der Waals surface area contributed by atoms with Gasteiger partial charge in [-0.1, -0.05) is 64.7 Å². The maximum absolute atomic E-state index is 13.0. The van der Waals surface area contributed by atoms with Gasteiger partial charge in [0.2, 0.25) is 0 Å². The highest BCUT2D eigenvalue weighted by atomic mass is 32.3. The fourth-order valence-corrected chi connectivity index (χ4v) is 9.74. The number of rotatable bonds is 8. The fourth-order valence-electron chi connectivity index (χ4n) is 3.73. The van der Waals surface area contributed by atoms with Crippen molar-refractivity contribution >= 4 is 26.2 Å². The third-order valence-electron chi connectivity index (χ3n) is 5.55. The van der Waals surface area contributed by atoms with Gasteiger partial charge in [0.25, 0.3) is 0 Å². The first-order valence-corrected chi connectivity index (χ1v) is 13.2. The van der Waals surface area contributed by atoms with Crippen LogP contribution in [0.3, 0.4) is 0 Å². The minimum Gasteiger partial charge on any atom is -0.298 e. The molecule has 1 saturated carbocycles. The molecule has 0 radical (unpaired) electrons. The van der Waals surface area contributed by atoms with Crippen LogP contribution in [0.25, 0.3) is 0 Å². The lowest BCUT2D eigenvalue weighted by molar-refractivity contribution is -0.121. The largest absolute Gasteiger partial charge is 0.306 e. The molecule has 0 N–H and O–H groups in total. The first kappa shape index (κ1) is 22.4. The van der Waals surface area contributed by atoms with E-state index >= 15 is 0 Å². The molecule has 0 heterocycles. The number of benzene rings is 1. The van der Waals surface area contributed by atoms with E-state index in [1.807, 2.05) is 34.6 Å². The Morgan fingerprint density at radius 2 is 1.52 bits per heavy atom. The summed E-state index contributed by atoms with van der Waals surface area (Å²) in [7, 11) is -6.05. The third-order valence-corrected chi connectivity index (χ3v) is 12.1. The summed E-state index contributed by atoms with van der Waals surface area (Å²) in [6.07, 6.45) is 5.22. The summed E-state index contributed by atoms with van der Waals surface area (Å²) in [5.74, 6) is 0.484. The van der Waals surface area contributed by atoms with E-state index in [9.17, 15) is 13.2 Å². The molecule has 0 aliphatic heterocycles. The number of Topliss-reactive ketones (excluding diaryl/α,β-unsaturated/α-hetero) is 1. The predicted molar refractivity (Wildman–Crippen MR) is 114 cm³/mol. The number of aryl methyl sites for hydroxylation is 1. The summed E-state index contributed by atoms with van der Waals surface area (Å²) in [6, 6.07) is 6.70. The topological polar surface area (TPSA) is 60.4 Å². The summed E-state index contributed by atoms with van der Waals surface area (Å²) in [5, 5.41) is -0.0458. The number of carbonyl (C=O) groups is 1. The number of hydrogen-bond acceptors (Lipinski definition) is 4. The van der Waals surface area contributed by atoms with Crippen molar-refractivity contribution in [3.8, 4) is 0 Å². The van der Waals surface area contributed by atoms with Gasteiger partial charge >= 0.3 is 10.1 Å². The monoisotopic (exact) mass is 414 g/mol. The van der Waals surface area contributed by atoms with E-state index in [1.54, 1.807) is 24.3 Å². The third kappa shape index (κ3) is 5.36. The molecule has 1 aromatic carbocycles. The van der Waals surface area contributed by atoms with Gasteiger partial charge in [-0.25, -0.2) is 3.63 Å². The molecule has 1 aromatic rings. The van der Waals surface area contributed by atoms with Crippen LogP contribution in [0.1, 0.15) is 65.4 Å². The van der Waals surface area contributed by atoms with Crippen molar-refractivity contribution in [2.24, 2.45) is 5.92 Å². The van der Waals surface area contributed by atoms with Crippen LogP contribution in [0.15, 0.2) is 29.2 Å². The van der Waals surface area contributed by atoms with Gasteiger partial charge < -0.3 is 0 Å². The molecule has 4 nitrogen and oxygen atoms in total. The molecule has 0 unspecified atom stereocenters. The van der Waals surface area contributed by atoms with Crippen molar-refractivity contribution < 1.29 is 16.8 Å². The van der Waals surface area contributed by atoms with E-state index < -0.39 is 20.4 Å². The van der Waals surface area contributed by atoms with Crippen LogP contribution < -0.4 is 0 Å². The normalized spacial score (nSPS) is 17.4. The zero-order chi connectivity index (χ0) is 20.2. The summed E-state index contributed by atoms with van der Waals surface area (Å²) >= 11 is 0. The van der Waals surface area contributed by atoms with Crippen LogP contribution >= 0.6 is 10.3 Å². The van der Waals surface area contributed by atoms with Crippen LogP contribution in [0.4, 0.5) is 0 Å². The lowest BCUT2D eigenvalue weighted by Gasteiger charge is -2.45. The maximum Gasteiger partial charge on any atom is 0.306 e. The fraction of sp³-hybridized carbons (Fsp3) is 0.667. The number of hydrogen-bond donors (Lipinski definition) is 0. The highest BCUT2D eigenvalue weighted by Crippen LogP contribution is 2.59. The molecule has 1 aliphatic rings. The highest BCUT2D eigenvalue weighted by Gasteiger charge is 2.41. The molecule has 154 valence electrons. The first-order valence-electron chi connectivity index (χ1n) is 9.92. The Hall–Kier alpha value is -0.850. The molecule has 2 rings (SSSR count). The summed E-state index contributed by atoms with van der Waals surface area (Å²) < 4.78 is 32.0. The Morgan fingerprint density at radius 3 is 2.00 bits per heavy atom. The van der Waals surface area contributed by atoms with Crippen molar-refractivity contribution in [2.45, 2.75) is 82.1 Å². The highest BCUT2D eigenvalue weighted by molar-refractivity contribution is 8.34. The molecule has 0 aromatic heterocycles. The van der Waals surface area contributed by atoms with Crippen molar-refractivity contribution in [2.75, 3.05) is 5.75 Å². The average molecular weight is 415 g/mol. The number of carbonyl (C=O) groups excluding carboxylic acids is 1. The van der Waals surface area contributed by atoms with Gasteiger partial charge in [-0.3, -0.25) is 4.79 Å². The van der Waals surface area contributed by atoms with E-state index in [0.717, 1.165) is 31.2 Å². The molecule has 6 heteroatoms. The zero-order valence-corrected chi connectivity index (χ0v) is 18.9. The van der Waals surface area contributed by atoms with Gasteiger partial charge in [0.15, 0.2) is 0 Å². The Labute approximate surface area is 166 Å². The smallest absolute Gasteiger partial charge is 0.298 e. The van der Waals surface area contributed by atoms with E-state index in [2.05, 4.69) is 0 Å². The molecule has 0 amide bonds. The molecule has 0 saturated heterocycles. The minimum atomic E-state index is -3.92. The van der Waals surface area contributed by atoms with Gasteiger partial charge in [0.1, 0.15) is 5.78 Å². The lowest BCUT2D eigenvalue weighted by atomic mass is 9.87. The van der Waals surface area contributed by atoms with Crippen LogP contribution in [0.5, 0.6) is 0 Å². The van der Waals surface area contributed by atoms with Crippen molar-refractivity contribution in [3.05, 3.63) is 29.8 Å². The Bertz CT molecular complexity index is 722. The van der Waals surface area contributed by atoms with Crippen LogP contribution in [-0.2, 0) is 18.5 Å². The molecular formula is C21H34O4S2. The summed E-state index contributed by atoms with van der Waals surface area (Å²) in [5.41, 5.74) is 0.993. The summed E-state index contributed by atoms with van der Waals surface area (Å²) in [4.78, 5) is 13.2.